The first kappa shape index (κ1) is 10.4. The molecule has 2 rings (SSSR count). The maximum Gasteiger partial charge on any atom is 0.0107 e. The Balaban J connectivity index is 1.76. The largest absolute Gasteiger partial charge is 0.314 e. The summed E-state index contributed by atoms with van der Waals surface area (Å²) in [5.41, 5.74) is 0. The topological polar surface area (TPSA) is 24.1 Å². The lowest BCUT2D eigenvalue weighted by molar-refractivity contribution is 0.246. The van der Waals surface area contributed by atoms with Crippen molar-refractivity contribution in [3.8, 4) is 0 Å². The SMILES string of the molecule is CC1CCCNC1CC1CCCCN1. The molecule has 2 nitrogen and oxygen atoms in total. The second-order valence-electron chi connectivity index (χ2n) is 5.06. The quantitative estimate of drug-likeness (QED) is 0.705. The molecule has 2 heteroatoms. The standard InChI is InChI=1S/C12H24N2/c1-10-5-4-8-14-12(10)9-11-6-2-3-7-13-11/h10-14H,2-9H2,1H3. The lowest BCUT2D eigenvalue weighted by atomic mass is 9.86. The van der Waals surface area contributed by atoms with Crippen molar-refractivity contribution in [2.75, 3.05) is 13.1 Å². The molecule has 0 saturated carbocycles. The average molecular weight is 196 g/mol. The number of hydrogen-bond donors (Lipinski definition) is 2. The highest BCUT2D eigenvalue weighted by Crippen LogP contribution is 2.21. The van der Waals surface area contributed by atoms with Crippen molar-refractivity contribution in [1.29, 1.82) is 0 Å². The Bertz CT molecular complexity index is 164. The molecule has 0 aromatic rings. The summed E-state index contributed by atoms with van der Waals surface area (Å²) < 4.78 is 0. The van der Waals surface area contributed by atoms with Crippen molar-refractivity contribution in [3.63, 3.8) is 0 Å². The molecular formula is C12H24N2. The monoisotopic (exact) mass is 196 g/mol. The van der Waals surface area contributed by atoms with Crippen molar-refractivity contribution in [1.82, 2.24) is 10.6 Å². The first-order valence-corrected chi connectivity index (χ1v) is 6.33. The van der Waals surface area contributed by atoms with E-state index in [0.717, 1.165) is 18.0 Å². The van der Waals surface area contributed by atoms with Gasteiger partial charge in [0.2, 0.25) is 0 Å². The zero-order chi connectivity index (χ0) is 9.80. The third-order valence-electron chi connectivity index (χ3n) is 3.88. The van der Waals surface area contributed by atoms with Crippen molar-refractivity contribution in [2.24, 2.45) is 5.92 Å². The van der Waals surface area contributed by atoms with E-state index in [-0.39, 0.29) is 0 Å². The van der Waals surface area contributed by atoms with E-state index in [9.17, 15) is 0 Å². The molecule has 2 N–H and O–H groups in total. The molecule has 2 fully saturated rings. The van der Waals surface area contributed by atoms with Gasteiger partial charge in [0.05, 0.1) is 0 Å². The van der Waals surface area contributed by atoms with Gasteiger partial charge in [0.1, 0.15) is 0 Å². The molecule has 0 bridgehead atoms. The van der Waals surface area contributed by atoms with Crippen LogP contribution in [0.3, 0.4) is 0 Å². The zero-order valence-corrected chi connectivity index (χ0v) is 9.39. The van der Waals surface area contributed by atoms with Crippen molar-refractivity contribution < 1.29 is 0 Å². The fourth-order valence-corrected chi connectivity index (χ4v) is 2.86. The van der Waals surface area contributed by atoms with Gasteiger partial charge in [0.25, 0.3) is 0 Å². The van der Waals surface area contributed by atoms with Crippen LogP contribution in [0.4, 0.5) is 0 Å². The van der Waals surface area contributed by atoms with Gasteiger partial charge >= 0.3 is 0 Å². The molecule has 82 valence electrons. The van der Waals surface area contributed by atoms with E-state index in [0.29, 0.717) is 0 Å². The molecule has 3 atom stereocenters. The summed E-state index contributed by atoms with van der Waals surface area (Å²) in [5.74, 6) is 0.882. The predicted molar refractivity (Wildman–Crippen MR) is 60.4 cm³/mol. The second kappa shape index (κ2) is 5.13. The number of nitrogens with one attached hydrogen (secondary N) is 2. The van der Waals surface area contributed by atoms with Gasteiger partial charge in [0.15, 0.2) is 0 Å². The minimum absolute atomic E-state index is 0.777. The third-order valence-corrected chi connectivity index (χ3v) is 3.88. The Labute approximate surface area is 87.8 Å². The Hall–Kier alpha value is -0.0800. The molecule has 14 heavy (non-hydrogen) atoms. The summed E-state index contributed by atoms with van der Waals surface area (Å²) >= 11 is 0. The van der Waals surface area contributed by atoms with Crippen LogP contribution in [0.2, 0.25) is 0 Å². The summed E-state index contributed by atoms with van der Waals surface area (Å²) in [7, 11) is 0. The molecule has 0 aliphatic carbocycles. The van der Waals surface area contributed by atoms with E-state index < -0.39 is 0 Å². The average Bonchev–Trinajstić information content (AvgIpc) is 2.23. The van der Waals surface area contributed by atoms with Crippen LogP contribution in [0, 0.1) is 5.92 Å². The van der Waals surface area contributed by atoms with Crippen molar-refractivity contribution >= 4 is 0 Å². The summed E-state index contributed by atoms with van der Waals surface area (Å²) in [6.07, 6.45) is 8.34. The first-order chi connectivity index (χ1) is 6.86. The van der Waals surface area contributed by atoms with Crippen LogP contribution in [0.5, 0.6) is 0 Å². The van der Waals surface area contributed by atoms with Crippen LogP contribution >= 0.6 is 0 Å². The fraction of sp³-hybridized carbons (Fsp3) is 1.00. The van der Waals surface area contributed by atoms with Crippen LogP contribution < -0.4 is 10.6 Å². The normalized spacial score (nSPS) is 39.6. The smallest absolute Gasteiger partial charge is 0.0107 e. The van der Waals surface area contributed by atoms with Gasteiger partial charge in [-0.05, 0) is 51.1 Å². The highest BCUT2D eigenvalue weighted by atomic mass is 15.0. The van der Waals surface area contributed by atoms with E-state index in [1.54, 1.807) is 0 Å². The van der Waals surface area contributed by atoms with Crippen LogP contribution in [-0.2, 0) is 0 Å². The van der Waals surface area contributed by atoms with Crippen LogP contribution in [-0.4, -0.2) is 25.2 Å². The molecule has 2 heterocycles. The Morgan fingerprint density at radius 2 is 1.86 bits per heavy atom. The summed E-state index contributed by atoms with van der Waals surface area (Å²) in [6, 6.07) is 1.57. The Morgan fingerprint density at radius 3 is 2.57 bits per heavy atom. The van der Waals surface area contributed by atoms with Gasteiger partial charge < -0.3 is 10.6 Å². The summed E-state index contributed by atoms with van der Waals surface area (Å²) in [6.45, 7) is 4.88. The summed E-state index contributed by atoms with van der Waals surface area (Å²) in [4.78, 5) is 0. The van der Waals surface area contributed by atoms with E-state index in [4.69, 9.17) is 0 Å². The highest BCUT2D eigenvalue weighted by Gasteiger charge is 2.24. The van der Waals surface area contributed by atoms with Gasteiger partial charge in [0, 0.05) is 12.1 Å². The van der Waals surface area contributed by atoms with Crippen LogP contribution in [0.25, 0.3) is 0 Å². The molecule has 0 radical (unpaired) electrons. The third kappa shape index (κ3) is 2.71. The molecule has 2 aliphatic heterocycles. The van der Waals surface area contributed by atoms with Crippen molar-refractivity contribution in [3.05, 3.63) is 0 Å². The number of hydrogen-bond acceptors (Lipinski definition) is 2. The number of piperidine rings is 2. The second-order valence-corrected chi connectivity index (χ2v) is 5.06. The molecule has 0 aromatic heterocycles. The first-order valence-electron chi connectivity index (χ1n) is 6.33. The highest BCUT2D eigenvalue weighted by molar-refractivity contribution is 4.84. The maximum absolute atomic E-state index is 3.68. The van der Waals surface area contributed by atoms with Crippen molar-refractivity contribution in [2.45, 2.75) is 57.5 Å². The Morgan fingerprint density at radius 1 is 1.00 bits per heavy atom. The summed E-state index contributed by atoms with van der Waals surface area (Å²) in [5, 5.41) is 7.32. The molecule has 0 aromatic carbocycles. The predicted octanol–water partition coefficient (Wildman–Crippen LogP) is 1.91. The molecule has 2 aliphatic rings. The molecule has 2 saturated heterocycles. The van der Waals surface area contributed by atoms with Crippen LogP contribution in [0.1, 0.15) is 45.4 Å². The zero-order valence-electron chi connectivity index (χ0n) is 9.39. The molecular weight excluding hydrogens is 172 g/mol. The Kier molecular flexibility index (Phi) is 3.82. The van der Waals surface area contributed by atoms with E-state index in [2.05, 4.69) is 17.6 Å². The minimum Gasteiger partial charge on any atom is -0.314 e. The lowest BCUT2D eigenvalue weighted by Crippen LogP contribution is -2.46. The number of rotatable bonds is 2. The maximum atomic E-state index is 3.68. The molecule has 0 amide bonds. The lowest BCUT2D eigenvalue weighted by Gasteiger charge is -2.34. The van der Waals surface area contributed by atoms with Crippen LogP contribution in [0.15, 0.2) is 0 Å². The van der Waals surface area contributed by atoms with E-state index in [1.165, 1.54) is 51.6 Å². The van der Waals surface area contributed by atoms with Gasteiger partial charge in [-0.3, -0.25) is 0 Å². The molecule has 3 unspecified atom stereocenters. The van der Waals surface area contributed by atoms with E-state index in [1.807, 2.05) is 0 Å². The van der Waals surface area contributed by atoms with Gasteiger partial charge in [-0.2, -0.15) is 0 Å². The van der Waals surface area contributed by atoms with Gasteiger partial charge in [-0.25, -0.2) is 0 Å². The fourth-order valence-electron chi connectivity index (χ4n) is 2.86. The minimum atomic E-state index is 0.777. The van der Waals surface area contributed by atoms with Gasteiger partial charge in [-0.1, -0.05) is 13.3 Å². The van der Waals surface area contributed by atoms with E-state index >= 15 is 0 Å². The molecule has 0 spiro atoms. The van der Waals surface area contributed by atoms with Gasteiger partial charge in [-0.15, -0.1) is 0 Å².